The molecule has 0 amide bonds. The lowest BCUT2D eigenvalue weighted by molar-refractivity contribution is 0.107. The van der Waals surface area contributed by atoms with Gasteiger partial charge in [-0.3, -0.25) is 0 Å². The van der Waals surface area contributed by atoms with E-state index in [9.17, 15) is 0 Å². The number of ether oxygens (including phenoxy) is 1. The van der Waals surface area contributed by atoms with Crippen molar-refractivity contribution >= 4 is 29.9 Å². The zero-order chi connectivity index (χ0) is 21.2. The average Bonchev–Trinajstić information content (AvgIpc) is 3.09. The molecule has 7 heteroatoms. The summed E-state index contributed by atoms with van der Waals surface area (Å²) in [7, 11) is 0. The summed E-state index contributed by atoms with van der Waals surface area (Å²) < 4.78 is 11.4. The predicted molar refractivity (Wildman–Crippen MR) is 134 cm³/mol. The van der Waals surface area contributed by atoms with E-state index >= 15 is 0 Å². The first-order valence-electron chi connectivity index (χ1n) is 10.3. The molecule has 1 heterocycles. The molecule has 31 heavy (non-hydrogen) atoms. The fraction of sp³-hybridized carbons (Fsp3) is 0.333. The summed E-state index contributed by atoms with van der Waals surface area (Å²) in [5.74, 6) is 2.25. The molecule has 3 rings (SSSR count). The largest absolute Gasteiger partial charge is 0.444 e. The molecule has 0 saturated heterocycles. The van der Waals surface area contributed by atoms with Crippen LogP contribution in [0.25, 0.3) is 0 Å². The Morgan fingerprint density at radius 3 is 2.19 bits per heavy atom. The third kappa shape index (κ3) is 8.34. The lowest BCUT2D eigenvalue weighted by Gasteiger charge is -2.10. The molecule has 0 aliphatic heterocycles. The minimum atomic E-state index is 0. The van der Waals surface area contributed by atoms with Crippen LogP contribution in [0.15, 0.2) is 64.0 Å². The molecular formula is C24H31IN4O2. The molecule has 0 aliphatic rings. The smallest absolute Gasteiger partial charge is 0.214 e. The molecule has 2 N–H and O–H groups in total. The molecule has 2 aromatic carbocycles. The van der Waals surface area contributed by atoms with Crippen LogP contribution >= 0.6 is 24.0 Å². The summed E-state index contributed by atoms with van der Waals surface area (Å²) in [5.41, 5.74) is 4.39. The molecule has 0 spiro atoms. The molecule has 0 saturated carbocycles. The van der Waals surface area contributed by atoms with E-state index in [1.54, 1.807) is 0 Å². The van der Waals surface area contributed by atoms with Gasteiger partial charge in [0.2, 0.25) is 5.89 Å². The molecule has 166 valence electrons. The Morgan fingerprint density at radius 2 is 1.58 bits per heavy atom. The van der Waals surface area contributed by atoms with Crippen molar-refractivity contribution in [1.29, 1.82) is 0 Å². The van der Waals surface area contributed by atoms with Crippen LogP contribution in [0.4, 0.5) is 0 Å². The van der Waals surface area contributed by atoms with Gasteiger partial charge in [0.1, 0.15) is 5.76 Å². The summed E-state index contributed by atoms with van der Waals surface area (Å²) in [6, 6.07) is 18.6. The third-order valence-corrected chi connectivity index (χ3v) is 4.65. The van der Waals surface area contributed by atoms with Gasteiger partial charge in [0.05, 0.1) is 32.0 Å². The van der Waals surface area contributed by atoms with Gasteiger partial charge in [0.15, 0.2) is 5.96 Å². The number of oxazole rings is 1. The van der Waals surface area contributed by atoms with Crippen molar-refractivity contribution in [3.05, 3.63) is 88.6 Å². The van der Waals surface area contributed by atoms with Crippen LogP contribution in [0, 0.1) is 13.8 Å². The summed E-state index contributed by atoms with van der Waals surface area (Å²) in [6.07, 6.45) is 0. The SMILES string of the molecule is CCNC(=NCc1ccc(COCc2ccccc2)cc1)NCc1nc(C)c(C)o1.I. The van der Waals surface area contributed by atoms with Crippen molar-refractivity contribution in [2.45, 2.75) is 47.1 Å². The highest BCUT2D eigenvalue weighted by atomic mass is 127. The summed E-state index contributed by atoms with van der Waals surface area (Å²) in [4.78, 5) is 9.04. The van der Waals surface area contributed by atoms with E-state index in [0.29, 0.717) is 32.2 Å². The van der Waals surface area contributed by atoms with Crippen LogP contribution in [0.2, 0.25) is 0 Å². The van der Waals surface area contributed by atoms with E-state index in [2.05, 4.69) is 57.0 Å². The van der Waals surface area contributed by atoms with E-state index in [0.717, 1.165) is 35.1 Å². The first-order chi connectivity index (χ1) is 14.6. The zero-order valence-electron chi connectivity index (χ0n) is 18.4. The van der Waals surface area contributed by atoms with Crippen LogP contribution in [0.1, 0.15) is 41.0 Å². The van der Waals surface area contributed by atoms with Gasteiger partial charge in [-0.2, -0.15) is 0 Å². The van der Waals surface area contributed by atoms with Gasteiger partial charge in [-0.05, 0) is 37.5 Å². The molecule has 0 radical (unpaired) electrons. The van der Waals surface area contributed by atoms with Gasteiger partial charge in [-0.25, -0.2) is 9.98 Å². The molecule has 0 unspecified atom stereocenters. The van der Waals surface area contributed by atoms with Gasteiger partial charge in [-0.15, -0.1) is 24.0 Å². The lowest BCUT2D eigenvalue weighted by atomic mass is 10.1. The van der Waals surface area contributed by atoms with E-state index in [-0.39, 0.29) is 24.0 Å². The Kier molecular flexibility index (Phi) is 10.5. The number of hydrogen-bond donors (Lipinski definition) is 2. The van der Waals surface area contributed by atoms with E-state index < -0.39 is 0 Å². The highest BCUT2D eigenvalue weighted by molar-refractivity contribution is 14.0. The number of nitrogens with zero attached hydrogens (tertiary/aromatic N) is 2. The third-order valence-electron chi connectivity index (χ3n) is 4.65. The van der Waals surface area contributed by atoms with Gasteiger partial charge >= 0.3 is 0 Å². The molecule has 1 aromatic heterocycles. The van der Waals surface area contributed by atoms with Crippen molar-refractivity contribution < 1.29 is 9.15 Å². The quantitative estimate of drug-likeness (QED) is 0.233. The highest BCUT2D eigenvalue weighted by Gasteiger charge is 2.06. The lowest BCUT2D eigenvalue weighted by Crippen LogP contribution is -2.36. The fourth-order valence-electron chi connectivity index (χ4n) is 2.89. The number of aliphatic imine (C=N–C) groups is 1. The van der Waals surface area contributed by atoms with Gasteiger partial charge in [0.25, 0.3) is 0 Å². The zero-order valence-corrected chi connectivity index (χ0v) is 20.7. The van der Waals surface area contributed by atoms with Crippen LogP contribution in [-0.2, 0) is 31.0 Å². The second-order valence-corrected chi connectivity index (χ2v) is 7.09. The maximum Gasteiger partial charge on any atom is 0.214 e. The second kappa shape index (κ2) is 13.1. The van der Waals surface area contributed by atoms with Crippen molar-refractivity contribution in [3.63, 3.8) is 0 Å². The molecule has 0 fully saturated rings. The molecule has 3 aromatic rings. The second-order valence-electron chi connectivity index (χ2n) is 7.09. The number of hydrogen-bond acceptors (Lipinski definition) is 4. The maximum absolute atomic E-state index is 5.80. The van der Waals surface area contributed by atoms with Crippen molar-refractivity contribution in [2.24, 2.45) is 4.99 Å². The van der Waals surface area contributed by atoms with Crippen molar-refractivity contribution in [2.75, 3.05) is 6.54 Å². The Labute approximate surface area is 201 Å². The van der Waals surface area contributed by atoms with Crippen LogP contribution in [0.5, 0.6) is 0 Å². The molecule has 0 atom stereocenters. The van der Waals surface area contributed by atoms with Crippen LogP contribution < -0.4 is 10.6 Å². The fourth-order valence-corrected chi connectivity index (χ4v) is 2.89. The number of aromatic nitrogens is 1. The number of benzene rings is 2. The monoisotopic (exact) mass is 534 g/mol. The van der Waals surface area contributed by atoms with Crippen LogP contribution in [-0.4, -0.2) is 17.5 Å². The van der Waals surface area contributed by atoms with Gasteiger partial charge < -0.3 is 19.8 Å². The Balaban J connectivity index is 0.00000341. The predicted octanol–water partition coefficient (Wildman–Crippen LogP) is 4.88. The van der Waals surface area contributed by atoms with Crippen LogP contribution in [0.3, 0.4) is 0 Å². The van der Waals surface area contributed by atoms with E-state index in [1.165, 1.54) is 5.56 Å². The normalized spacial score (nSPS) is 11.1. The first kappa shape index (κ1) is 24.9. The van der Waals surface area contributed by atoms with Crippen molar-refractivity contribution in [1.82, 2.24) is 15.6 Å². The minimum absolute atomic E-state index is 0. The molecule has 0 bridgehead atoms. The van der Waals surface area contributed by atoms with Gasteiger partial charge in [0, 0.05) is 6.54 Å². The maximum atomic E-state index is 5.80. The topological polar surface area (TPSA) is 71.7 Å². The van der Waals surface area contributed by atoms with E-state index in [1.807, 2.05) is 39.0 Å². The Morgan fingerprint density at radius 1 is 0.935 bits per heavy atom. The summed E-state index contributed by atoms with van der Waals surface area (Å²) in [5, 5.41) is 6.51. The number of halogens is 1. The number of rotatable bonds is 9. The van der Waals surface area contributed by atoms with Gasteiger partial charge in [-0.1, -0.05) is 54.6 Å². The number of guanidine groups is 1. The van der Waals surface area contributed by atoms with Crippen molar-refractivity contribution in [3.8, 4) is 0 Å². The van der Waals surface area contributed by atoms with E-state index in [4.69, 9.17) is 9.15 Å². The molecular weight excluding hydrogens is 503 g/mol. The standard InChI is InChI=1S/C24H30N4O2.HI/c1-4-25-24(27-15-23-28-18(2)19(3)30-23)26-14-20-10-12-22(13-11-20)17-29-16-21-8-6-5-7-9-21;/h5-13H,4,14-17H2,1-3H3,(H2,25,26,27);1H. The average molecular weight is 534 g/mol. The summed E-state index contributed by atoms with van der Waals surface area (Å²) >= 11 is 0. The highest BCUT2D eigenvalue weighted by Crippen LogP contribution is 2.10. The Bertz CT molecular complexity index is 920. The Hall–Kier alpha value is -2.39. The summed E-state index contributed by atoms with van der Waals surface area (Å²) in [6.45, 7) is 8.99. The number of aryl methyl sites for hydroxylation is 2. The number of nitrogens with one attached hydrogen (secondary N) is 2. The molecule has 6 nitrogen and oxygen atoms in total. The first-order valence-corrected chi connectivity index (χ1v) is 10.3. The minimum Gasteiger partial charge on any atom is -0.444 e. The molecule has 0 aliphatic carbocycles.